The maximum absolute atomic E-state index is 12.4. The third-order valence-corrected chi connectivity index (χ3v) is 4.06. The van der Waals surface area contributed by atoms with Crippen LogP contribution >= 0.6 is 0 Å². The van der Waals surface area contributed by atoms with Crippen LogP contribution in [0.4, 0.5) is 0 Å². The number of benzene rings is 1. The van der Waals surface area contributed by atoms with Crippen molar-refractivity contribution in [3.8, 4) is 0 Å². The SMILES string of the molecule is CC1CCN(Cn2nnc3ccccc3c2=O)CC1N. The zero-order valence-corrected chi connectivity index (χ0v) is 11.6. The molecule has 1 aromatic carbocycles. The van der Waals surface area contributed by atoms with Crippen LogP contribution in [0.3, 0.4) is 0 Å². The Morgan fingerprint density at radius 1 is 1.40 bits per heavy atom. The predicted octanol–water partition coefficient (Wildman–Crippen LogP) is 0.418. The van der Waals surface area contributed by atoms with Crippen molar-refractivity contribution in [2.45, 2.75) is 26.1 Å². The average molecular weight is 273 g/mol. The Bertz CT molecular complexity index is 668. The number of hydrogen-bond acceptors (Lipinski definition) is 5. The predicted molar refractivity (Wildman–Crippen MR) is 77.1 cm³/mol. The van der Waals surface area contributed by atoms with E-state index in [2.05, 4.69) is 22.1 Å². The molecule has 2 unspecified atom stereocenters. The second-order valence-corrected chi connectivity index (χ2v) is 5.56. The van der Waals surface area contributed by atoms with Crippen LogP contribution in [-0.4, -0.2) is 39.0 Å². The fraction of sp³-hybridized carbons (Fsp3) is 0.500. The molecule has 1 aromatic heterocycles. The van der Waals surface area contributed by atoms with Crippen LogP contribution in [0.25, 0.3) is 10.9 Å². The molecule has 1 saturated heterocycles. The Hall–Kier alpha value is -1.79. The number of rotatable bonds is 2. The van der Waals surface area contributed by atoms with Crippen LogP contribution in [0, 0.1) is 5.92 Å². The van der Waals surface area contributed by atoms with E-state index in [0.717, 1.165) is 19.5 Å². The maximum Gasteiger partial charge on any atom is 0.278 e. The van der Waals surface area contributed by atoms with Crippen molar-refractivity contribution in [3.63, 3.8) is 0 Å². The lowest BCUT2D eigenvalue weighted by Crippen LogP contribution is -2.49. The summed E-state index contributed by atoms with van der Waals surface area (Å²) in [7, 11) is 0. The summed E-state index contributed by atoms with van der Waals surface area (Å²) in [6.45, 7) is 4.36. The van der Waals surface area contributed by atoms with Crippen molar-refractivity contribution in [1.82, 2.24) is 19.9 Å². The number of nitrogens with zero attached hydrogens (tertiary/aromatic N) is 4. The zero-order chi connectivity index (χ0) is 14.1. The molecule has 2 N–H and O–H groups in total. The standard InChI is InChI=1S/C14H19N5O/c1-10-6-7-18(8-12(10)15)9-19-14(20)11-4-2-3-5-13(11)16-17-19/h2-5,10,12H,6-9,15H2,1H3. The highest BCUT2D eigenvalue weighted by Crippen LogP contribution is 2.15. The third-order valence-electron chi connectivity index (χ3n) is 4.06. The molecule has 1 aliphatic heterocycles. The summed E-state index contributed by atoms with van der Waals surface area (Å²) in [5.74, 6) is 0.533. The number of aromatic nitrogens is 3. The van der Waals surface area contributed by atoms with Gasteiger partial charge in [0.2, 0.25) is 0 Å². The fourth-order valence-corrected chi connectivity index (χ4v) is 2.60. The molecule has 2 atom stereocenters. The van der Waals surface area contributed by atoms with E-state index in [1.807, 2.05) is 12.1 Å². The number of fused-ring (bicyclic) bond motifs is 1. The molecule has 106 valence electrons. The summed E-state index contributed by atoms with van der Waals surface area (Å²) in [6.07, 6.45) is 1.05. The summed E-state index contributed by atoms with van der Waals surface area (Å²) in [4.78, 5) is 14.5. The van der Waals surface area contributed by atoms with E-state index in [1.54, 1.807) is 12.1 Å². The molecule has 1 fully saturated rings. The normalized spacial score (nSPS) is 24.1. The van der Waals surface area contributed by atoms with Crippen molar-refractivity contribution in [2.24, 2.45) is 11.7 Å². The lowest BCUT2D eigenvalue weighted by Gasteiger charge is -2.34. The van der Waals surface area contributed by atoms with Crippen molar-refractivity contribution in [3.05, 3.63) is 34.6 Å². The van der Waals surface area contributed by atoms with Gasteiger partial charge in [0.25, 0.3) is 5.56 Å². The van der Waals surface area contributed by atoms with Gasteiger partial charge in [-0.25, -0.2) is 0 Å². The van der Waals surface area contributed by atoms with Gasteiger partial charge in [-0.2, -0.15) is 4.68 Å². The molecule has 20 heavy (non-hydrogen) atoms. The second kappa shape index (κ2) is 5.30. The summed E-state index contributed by atoms with van der Waals surface area (Å²) in [5, 5.41) is 8.72. The van der Waals surface area contributed by atoms with E-state index >= 15 is 0 Å². The first-order chi connectivity index (χ1) is 9.65. The minimum atomic E-state index is -0.0946. The van der Waals surface area contributed by atoms with Crippen LogP contribution in [0.15, 0.2) is 29.1 Å². The minimum Gasteiger partial charge on any atom is -0.326 e. The quantitative estimate of drug-likeness (QED) is 0.858. The Kier molecular flexibility index (Phi) is 3.50. The van der Waals surface area contributed by atoms with Gasteiger partial charge in [-0.1, -0.05) is 24.3 Å². The van der Waals surface area contributed by atoms with E-state index < -0.39 is 0 Å². The molecule has 3 rings (SSSR count). The molecule has 6 heteroatoms. The Labute approximate surface area is 117 Å². The average Bonchev–Trinajstić information content (AvgIpc) is 2.46. The highest BCUT2D eigenvalue weighted by molar-refractivity contribution is 5.76. The number of piperidine rings is 1. The van der Waals surface area contributed by atoms with Gasteiger partial charge in [-0.15, -0.1) is 5.10 Å². The molecular weight excluding hydrogens is 254 g/mol. The first-order valence-electron chi connectivity index (χ1n) is 6.95. The molecule has 0 amide bonds. The van der Waals surface area contributed by atoms with Crippen molar-refractivity contribution in [1.29, 1.82) is 0 Å². The topological polar surface area (TPSA) is 77.0 Å². The summed E-state index contributed by atoms with van der Waals surface area (Å²) < 4.78 is 1.42. The lowest BCUT2D eigenvalue weighted by atomic mass is 9.95. The monoisotopic (exact) mass is 273 g/mol. The summed E-state index contributed by atoms with van der Waals surface area (Å²) >= 11 is 0. The Morgan fingerprint density at radius 3 is 3.00 bits per heavy atom. The van der Waals surface area contributed by atoms with Crippen molar-refractivity contribution in [2.75, 3.05) is 13.1 Å². The van der Waals surface area contributed by atoms with Crippen LogP contribution in [0.1, 0.15) is 13.3 Å². The van der Waals surface area contributed by atoms with Crippen LogP contribution in [0.2, 0.25) is 0 Å². The molecule has 6 nitrogen and oxygen atoms in total. The Balaban J connectivity index is 1.85. The van der Waals surface area contributed by atoms with Gasteiger partial charge in [0.1, 0.15) is 5.52 Å². The van der Waals surface area contributed by atoms with Gasteiger partial charge in [-0.3, -0.25) is 9.69 Å². The molecule has 0 bridgehead atoms. The van der Waals surface area contributed by atoms with Gasteiger partial charge in [0.05, 0.1) is 12.1 Å². The number of nitrogens with two attached hydrogens (primary N) is 1. The van der Waals surface area contributed by atoms with E-state index in [-0.39, 0.29) is 11.6 Å². The van der Waals surface area contributed by atoms with E-state index in [1.165, 1.54) is 4.68 Å². The Morgan fingerprint density at radius 2 is 2.20 bits per heavy atom. The molecule has 2 heterocycles. The van der Waals surface area contributed by atoms with Gasteiger partial charge in [-0.05, 0) is 24.5 Å². The highest BCUT2D eigenvalue weighted by atomic mass is 16.1. The summed E-state index contributed by atoms with van der Waals surface area (Å²) in [5.41, 5.74) is 6.63. The molecule has 0 aliphatic carbocycles. The highest BCUT2D eigenvalue weighted by Gasteiger charge is 2.23. The fourth-order valence-electron chi connectivity index (χ4n) is 2.60. The zero-order valence-electron chi connectivity index (χ0n) is 11.6. The second-order valence-electron chi connectivity index (χ2n) is 5.56. The van der Waals surface area contributed by atoms with Crippen molar-refractivity contribution < 1.29 is 0 Å². The summed E-state index contributed by atoms with van der Waals surface area (Å²) in [6, 6.07) is 7.44. The van der Waals surface area contributed by atoms with E-state index in [9.17, 15) is 4.79 Å². The molecule has 1 aliphatic rings. The van der Waals surface area contributed by atoms with Crippen LogP contribution < -0.4 is 11.3 Å². The molecule has 0 spiro atoms. The van der Waals surface area contributed by atoms with E-state index in [4.69, 9.17) is 5.73 Å². The van der Waals surface area contributed by atoms with Crippen LogP contribution in [-0.2, 0) is 6.67 Å². The largest absolute Gasteiger partial charge is 0.326 e. The molecule has 0 saturated carbocycles. The van der Waals surface area contributed by atoms with Gasteiger partial charge in [0, 0.05) is 19.1 Å². The first kappa shape index (κ1) is 13.2. The molecule has 2 aromatic rings. The minimum absolute atomic E-state index is 0.0946. The molecule has 0 radical (unpaired) electrons. The van der Waals surface area contributed by atoms with Crippen LogP contribution in [0.5, 0.6) is 0 Å². The van der Waals surface area contributed by atoms with Gasteiger partial charge >= 0.3 is 0 Å². The first-order valence-corrected chi connectivity index (χ1v) is 6.95. The van der Waals surface area contributed by atoms with Gasteiger partial charge < -0.3 is 5.73 Å². The van der Waals surface area contributed by atoms with Crippen molar-refractivity contribution >= 4 is 10.9 Å². The maximum atomic E-state index is 12.4. The molecular formula is C14H19N5O. The van der Waals surface area contributed by atoms with E-state index in [0.29, 0.717) is 23.5 Å². The smallest absolute Gasteiger partial charge is 0.278 e. The number of hydrogen-bond donors (Lipinski definition) is 1. The number of likely N-dealkylation sites (tertiary alicyclic amines) is 1. The third kappa shape index (κ3) is 2.44. The lowest BCUT2D eigenvalue weighted by molar-refractivity contribution is 0.125. The van der Waals surface area contributed by atoms with Gasteiger partial charge in [0.15, 0.2) is 0 Å².